The van der Waals surface area contributed by atoms with Crippen LogP contribution in [0.4, 0.5) is 13.2 Å². The topological polar surface area (TPSA) is 90.0 Å². The van der Waals surface area contributed by atoms with Gasteiger partial charge in [-0.2, -0.15) is 13.2 Å². The van der Waals surface area contributed by atoms with Crippen LogP contribution in [0.3, 0.4) is 0 Å². The van der Waals surface area contributed by atoms with Crippen LogP contribution in [-0.4, -0.2) is 65.4 Å². The summed E-state index contributed by atoms with van der Waals surface area (Å²) in [5.41, 5.74) is -1.39. The van der Waals surface area contributed by atoms with Crippen LogP contribution in [0.15, 0.2) is 48.5 Å². The van der Waals surface area contributed by atoms with Gasteiger partial charge in [0.15, 0.2) is 0 Å². The van der Waals surface area contributed by atoms with Crippen molar-refractivity contribution in [2.24, 2.45) is 0 Å². The minimum atomic E-state index is -4.64. The third kappa shape index (κ3) is 5.14. The molecule has 0 unspecified atom stereocenters. The van der Waals surface area contributed by atoms with Crippen LogP contribution in [0, 0.1) is 0 Å². The van der Waals surface area contributed by atoms with E-state index in [4.69, 9.17) is 0 Å². The van der Waals surface area contributed by atoms with Gasteiger partial charge >= 0.3 is 6.18 Å². The Labute approximate surface area is 176 Å². The van der Waals surface area contributed by atoms with Crippen LogP contribution >= 0.6 is 0 Å². The van der Waals surface area contributed by atoms with Gasteiger partial charge in [0.1, 0.15) is 5.75 Å². The number of rotatable bonds is 4. The molecule has 0 bridgehead atoms. The fourth-order valence-corrected chi connectivity index (χ4v) is 3.27. The second-order valence-electron chi connectivity index (χ2n) is 6.92. The molecule has 1 aliphatic heterocycles. The number of piperazine rings is 1. The smallest absolute Gasteiger partial charge is 0.417 e. The van der Waals surface area contributed by atoms with Crippen molar-refractivity contribution in [3.05, 3.63) is 65.2 Å². The number of hydrogen-bond acceptors (Lipinski definition) is 4. The van der Waals surface area contributed by atoms with Crippen molar-refractivity contribution in [2.45, 2.75) is 6.18 Å². The Kier molecular flexibility index (Phi) is 6.47. The van der Waals surface area contributed by atoms with Crippen molar-refractivity contribution in [3.63, 3.8) is 0 Å². The van der Waals surface area contributed by atoms with Crippen LogP contribution in [0.25, 0.3) is 0 Å². The van der Waals surface area contributed by atoms with Gasteiger partial charge in [-0.1, -0.05) is 24.3 Å². The molecule has 2 aromatic carbocycles. The first-order chi connectivity index (χ1) is 14.7. The molecule has 10 heteroatoms. The number of benzene rings is 2. The average Bonchev–Trinajstić information content (AvgIpc) is 2.76. The predicted octanol–water partition coefficient (Wildman–Crippen LogP) is 2.13. The molecule has 3 amide bonds. The standard InChI is InChI=1S/C21H20F3N3O4/c22-21(23,24)16-7-3-1-5-14(16)20(31)27-11-9-26(10-12-27)18(29)13-25-19(30)15-6-2-4-8-17(15)28/h1-8,28H,9-13H2,(H,25,30). The zero-order chi connectivity index (χ0) is 22.6. The van der Waals surface area contributed by atoms with Gasteiger partial charge in [-0.15, -0.1) is 0 Å². The van der Waals surface area contributed by atoms with Gasteiger partial charge in [-0.05, 0) is 24.3 Å². The Morgan fingerprint density at radius 3 is 2.03 bits per heavy atom. The van der Waals surface area contributed by atoms with E-state index in [0.29, 0.717) is 0 Å². The highest BCUT2D eigenvalue weighted by atomic mass is 19.4. The van der Waals surface area contributed by atoms with E-state index in [9.17, 15) is 32.7 Å². The van der Waals surface area contributed by atoms with E-state index < -0.39 is 35.0 Å². The molecule has 7 nitrogen and oxygen atoms in total. The van der Waals surface area contributed by atoms with Crippen LogP contribution in [0.5, 0.6) is 5.75 Å². The second kappa shape index (κ2) is 9.07. The van der Waals surface area contributed by atoms with Gasteiger partial charge in [0.2, 0.25) is 5.91 Å². The van der Waals surface area contributed by atoms with Crippen molar-refractivity contribution < 1.29 is 32.7 Å². The van der Waals surface area contributed by atoms with Gasteiger partial charge in [0, 0.05) is 26.2 Å². The minimum absolute atomic E-state index is 0.0362. The molecule has 31 heavy (non-hydrogen) atoms. The van der Waals surface area contributed by atoms with Crippen molar-refractivity contribution in [1.82, 2.24) is 15.1 Å². The SMILES string of the molecule is O=C(NCC(=O)N1CCN(C(=O)c2ccccc2C(F)(F)F)CC1)c1ccccc1O. The van der Waals surface area contributed by atoms with E-state index in [1.54, 1.807) is 12.1 Å². The maximum absolute atomic E-state index is 13.2. The molecular weight excluding hydrogens is 415 g/mol. The summed E-state index contributed by atoms with van der Waals surface area (Å²) in [6.07, 6.45) is -4.64. The largest absolute Gasteiger partial charge is 0.507 e. The third-order valence-corrected chi connectivity index (χ3v) is 4.93. The Bertz CT molecular complexity index is 986. The van der Waals surface area contributed by atoms with E-state index >= 15 is 0 Å². The predicted molar refractivity (Wildman–Crippen MR) is 104 cm³/mol. The number of carbonyl (C=O) groups excluding carboxylic acids is 3. The Morgan fingerprint density at radius 2 is 1.42 bits per heavy atom. The van der Waals surface area contributed by atoms with Gasteiger partial charge in [0.25, 0.3) is 11.8 Å². The molecule has 1 heterocycles. The first-order valence-corrected chi connectivity index (χ1v) is 9.48. The van der Waals surface area contributed by atoms with Crippen molar-refractivity contribution in [3.8, 4) is 5.75 Å². The highest BCUT2D eigenvalue weighted by Crippen LogP contribution is 2.32. The van der Waals surface area contributed by atoms with Crippen LogP contribution in [-0.2, 0) is 11.0 Å². The zero-order valence-corrected chi connectivity index (χ0v) is 16.4. The highest BCUT2D eigenvalue weighted by Gasteiger charge is 2.36. The fourth-order valence-electron chi connectivity index (χ4n) is 3.27. The summed E-state index contributed by atoms with van der Waals surface area (Å²) in [5.74, 6) is -1.96. The molecule has 0 radical (unpaired) electrons. The van der Waals surface area contributed by atoms with E-state index in [-0.39, 0.29) is 44.0 Å². The molecule has 3 rings (SSSR count). The second-order valence-corrected chi connectivity index (χ2v) is 6.92. The maximum atomic E-state index is 13.2. The number of carbonyl (C=O) groups is 3. The zero-order valence-electron chi connectivity index (χ0n) is 16.4. The maximum Gasteiger partial charge on any atom is 0.417 e. The molecule has 0 atom stereocenters. The van der Waals surface area contributed by atoms with E-state index in [2.05, 4.69) is 5.32 Å². The summed E-state index contributed by atoms with van der Waals surface area (Å²) in [6, 6.07) is 10.5. The number of halogens is 3. The molecular formula is C21H20F3N3O4. The van der Waals surface area contributed by atoms with Gasteiger partial charge in [0.05, 0.1) is 23.2 Å². The van der Waals surface area contributed by atoms with E-state index in [0.717, 1.165) is 12.1 Å². The number of alkyl halides is 3. The number of aromatic hydroxyl groups is 1. The first kappa shape index (κ1) is 22.1. The summed E-state index contributed by atoms with van der Waals surface area (Å²) in [4.78, 5) is 39.7. The number of hydrogen-bond donors (Lipinski definition) is 2. The van der Waals surface area contributed by atoms with Gasteiger partial charge in [-0.25, -0.2) is 0 Å². The number of nitrogens with zero attached hydrogens (tertiary/aromatic N) is 2. The van der Waals surface area contributed by atoms with E-state index in [1.807, 2.05) is 0 Å². The van der Waals surface area contributed by atoms with Crippen LogP contribution in [0.2, 0.25) is 0 Å². The van der Waals surface area contributed by atoms with Crippen molar-refractivity contribution in [1.29, 1.82) is 0 Å². The summed E-state index contributed by atoms with van der Waals surface area (Å²) in [7, 11) is 0. The van der Waals surface area contributed by atoms with Crippen LogP contribution < -0.4 is 5.32 Å². The molecule has 2 N–H and O–H groups in total. The number of phenolic OH excluding ortho intramolecular Hbond substituents is 1. The number of para-hydroxylation sites is 1. The molecule has 2 aromatic rings. The van der Waals surface area contributed by atoms with Gasteiger partial charge < -0.3 is 20.2 Å². The average molecular weight is 435 g/mol. The summed E-state index contributed by atoms with van der Waals surface area (Å²) < 4.78 is 39.5. The van der Waals surface area contributed by atoms with E-state index in [1.165, 1.54) is 34.1 Å². The molecule has 0 saturated carbocycles. The van der Waals surface area contributed by atoms with Gasteiger partial charge in [-0.3, -0.25) is 14.4 Å². The number of nitrogens with one attached hydrogen (secondary N) is 1. The normalized spacial score (nSPS) is 14.3. The molecule has 1 aliphatic rings. The minimum Gasteiger partial charge on any atom is -0.507 e. The Hall–Kier alpha value is -3.56. The number of phenols is 1. The lowest BCUT2D eigenvalue weighted by Crippen LogP contribution is -2.52. The van der Waals surface area contributed by atoms with Crippen molar-refractivity contribution >= 4 is 17.7 Å². The molecule has 1 saturated heterocycles. The lowest BCUT2D eigenvalue weighted by molar-refractivity contribution is -0.138. The monoisotopic (exact) mass is 435 g/mol. The lowest BCUT2D eigenvalue weighted by atomic mass is 10.1. The molecule has 0 aromatic heterocycles. The Balaban J connectivity index is 1.55. The molecule has 164 valence electrons. The highest BCUT2D eigenvalue weighted by molar-refractivity contribution is 5.99. The third-order valence-electron chi connectivity index (χ3n) is 4.93. The summed E-state index contributed by atoms with van der Waals surface area (Å²) in [6.45, 7) is 0.100. The summed E-state index contributed by atoms with van der Waals surface area (Å²) >= 11 is 0. The quantitative estimate of drug-likeness (QED) is 0.770. The number of amides is 3. The first-order valence-electron chi connectivity index (χ1n) is 9.48. The summed E-state index contributed by atoms with van der Waals surface area (Å²) in [5, 5.41) is 12.1. The molecule has 0 spiro atoms. The Morgan fingerprint density at radius 1 is 0.871 bits per heavy atom. The van der Waals surface area contributed by atoms with Crippen molar-refractivity contribution in [2.75, 3.05) is 32.7 Å². The fraction of sp³-hybridized carbons (Fsp3) is 0.286. The molecule has 1 fully saturated rings. The van der Waals surface area contributed by atoms with Crippen LogP contribution in [0.1, 0.15) is 26.3 Å². The molecule has 0 aliphatic carbocycles. The lowest BCUT2D eigenvalue weighted by Gasteiger charge is -2.35.